The van der Waals surface area contributed by atoms with Crippen molar-refractivity contribution in [2.75, 3.05) is 26.4 Å². The van der Waals surface area contributed by atoms with Gasteiger partial charge in [-0.05, 0) is 50.9 Å². The predicted molar refractivity (Wildman–Crippen MR) is 119 cm³/mol. The highest BCUT2D eigenvalue weighted by molar-refractivity contribution is 6.18. The quantitative estimate of drug-likeness (QED) is 0.399. The first-order valence-corrected chi connectivity index (χ1v) is 10.1. The molecule has 0 spiro atoms. The van der Waals surface area contributed by atoms with Crippen molar-refractivity contribution in [3.8, 4) is 0 Å². The summed E-state index contributed by atoms with van der Waals surface area (Å²) in [5.74, 6) is 0. The SMILES string of the molecule is CCOCC(CO)(CO)NCc1cc2c3ccccc3ccc2c2ccccc12. The van der Waals surface area contributed by atoms with Crippen LogP contribution in [0.2, 0.25) is 0 Å². The molecular formula is C25H27NO3. The molecule has 0 aliphatic rings. The van der Waals surface area contributed by atoms with Gasteiger partial charge in [0.05, 0.1) is 25.4 Å². The Morgan fingerprint density at radius 2 is 1.45 bits per heavy atom. The minimum Gasteiger partial charge on any atom is -0.394 e. The molecule has 4 aromatic carbocycles. The van der Waals surface area contributed by atoms with Crippen LogP contribution >= 0.6 is 0 Å². The minimum absolute atomic E-state index is 0.196. The van der Waals surface area contributed by atoms with Crippen molar-refractivity contribution in [3.63, 3.8) is 0 Å². The lowest BCUT2D eigenvalue weighted by molar-refractivity contribution is 0.00757. The second-order valence-corrected chi connectivity index (χ2v) is 7.55. The Morgan fingerprint density at radius 3 is 2.17 bits per heavy atom. The molecule has 4 heteroatoms. The monoisotopic (exact) mass is 389 g/mol. The predicted octanol–water partition coefficient (Wildman–Crippen LogP) is 4.00. The zero-order valence-electron chi connectivity index (χ0n) is 16.7. The van der Waals surface area contributed by atoms with Gasteiger partial charge in [0.15, 0.2) is 0 Å². The van der Waals surface area contributed by atoms with Crippen LogP contribution in [-0.2, 0) is 11.3 Å². The number of hydrogen-bond acceptors (Lipinski definition) is 4. The molecule has 4 rings (SSSR count). The second-order valence-electron chi connectivity index (χ2n) is 7.55. The van der Waals surface area contributed by atoms with Crippen LogP contribution in [0.5, 0.6) is 0 Å². The summed E-state index contributed by atoms with van der Waals surface area (Å²) in [6, 6.07) is 23.4. The second kappa shape index (κ2) is 8.47. The van der Waals surface area contributed by atoms with Gasteiger partial charge in [-0.15, -0.1) is 0 Å². The molecule has 0 bridgehead atoms. The minimum atomic E-state index is -0.870. The van der Waals surface area contributed by atoms with E-state index in [1.807, 2.05) is 13.0 Å². The molecule has 29 heavy (non-hydrogen) atoms. The summed E-state index contributed by atoms with van der Waals surface area (Å²) in [6.45, 7) is 2.82. The van der Waals surface area contributed by atoms with Crippen LogP contribution < -0.4 is 5.32 Å². The molecule has 0 radical (unpaired) electrons. The van der Waals surface area contributed by atoms with Gasteiger partial charge in [-0.25, -0.2) is 0 Å². The number of ether oxygens (including phenoxy) is 1. The van der Waals surface area contributed by atoms with E-state index in [0.29, 0.717) is 13.2 Å². The molecule has 4 aromatic rings. The van der Waals surface area contributed by atoms with Gasteiger partial charge in [-0.3, -0.25) is 0 Å². The van der Waals surface area contributed by atoms with Crippen LogP contribution in [0.4, 0.5) is 0 Å². The zero-order valence-corrected chi connectivity index (χ0v) is 16.7. The Balaban J connectivity index is 1.83. The number of aliphatic hydroxyl groups is 2. The smallest absolute Gasteiger partial charge is 0.0886 e. The van der Waals surface area contributed by atoms with Crippen molar-refractivity contribution in [1.82, 2.24) is 5.32 Å². The number of hydrogen-bond donors (Lipinski definition) is 3. The maximum atomic E-state index is 9.91. The Bertz CT molecular complexity index is 1130. The standard InChI is InChI=1S/C25H27NO3/c1-2-29-17-25(15-27,16-28)26-14-19-13-24-20-8-4-3-7-18(20)11-12-23(24)22-10-6-5-9-21(19)22/h3-13,26-28H,2,14-17H2,1H3. The van der Waals surface area contributed by atoms with Gasteiger partial charge in [0.2, 0.25) is 0 Å². The number of aliphatic hydroxyl groups excluding tert-OH is 2. The molecule has 0 fully saturated rings. The van der Waals surface area contributed by atoms with E-state index >= 15 is 0 Å². The van der Waals surface area contributed by atoms with Crippen molar-refractivity contribution >= 4 is 32.3 Å². The molecule has 0 aliphatic heterocycles. The molecule has 150 valence electrons. The first kappa shape index (κ1) is 19.8. The van der Waals surface area contributed by atoms with Crippen LogP contribution in [0.3, 0.4) is 0 Å². The molecule has 0 unspecified atom stereocenters. The molecule has 0 amide bonds. The number of rotatable bonds is 8. The van der Waals surface area contributed by atoms with Gasteiger partial charge in [0.25, 0.3) is 0 Å². The summed E-state index contributed by atoms with van der Waals surface area (Å²) < 4.78 is 5.50. The maximum Gasteiger partial charge on any atom is 0.0886 e. The van der Waals surface area contributed by atoms with E-state index in [2.05, 4.69) is 66.0 Å². The van der Waals surface area contributed by atoms with E-state index in [-0.39, 0.29) is 19.8 Å². The molecule has 0 aliphatic carbocycles. The summed E-state index contributed by atoms with van der Waals surface area (Å²) in [7, 11) is 0. The molecular weight excluding hydrogens is 362 g/mol. The number of benzene rings is 4. The Labute approximate surface area is 170 Å². The first-order valence-electron chi connectivity index (χ1n) is 10.1. The lowest BCUT2D eigenvalue weighted by Gasteiger charge is -2.31. The van der Waals surface area contributed by atoms with E-state index in [4.69, 9.17) is 4.74 Å². The summed E-state index contributed by atoms with van der Waals surface area (Å²) in [4.78, 5) is 0. The average Bonchev–Trinajstić information content (AvgIpc) is 2.79. The van der Waals surface area contributed by atoms with Crippen LogP contribution in [0.1, 0.15) is 12.5 Å². The van der Waals surface area contributed by atoms with Crippen LogP contribution in [0, 0.1) is 0 Å². The maximum absolute atomic E-state index is 9.91. The lowest BCUT2D eigenvalue weighted by Crippen LogP contribution is -2.55. The van der Waals surface area contributed by atoms with Crippen molar-refractivity contribution in [2.45, 2.75) is 19.0 Å². The van der Waals surface area contributed by atoms with E-state index in [1.165, 1.54) is 32.3 Å². The van der Waals surface area contributed by atoms with Crippen LogP contribution in [0.25, 0.3) is 32.3 Å². The molecule has 4 nitrogen and oxygen atoms in total. The van der Waals surface area contributed by atoms with E-state index in [9.17, 15) is 10.2 Å². The Hall–Kier alpha value is -2.50. The highest BCUT2D eigenvalue weighted by atomic mass is 16.5. The summed E-state index contributed by atoms with van der Waals surface area (Å²) >= 11 is 0. The number of fused-ring (bicyclic) bond motifs is 5. The van der Waals surface area contributed by atoms with Gasteiger partial charge < -0.3 is 20.3 Å². The highest BCUT2D eigenvalue weighted by Crippen LogP contribution is 2.33. The lowest BCUT2D eigenvalue weighted by atomic mass is 9.93. The molecule has 0 heterocycles. The summed E-state index contributed by atoms with van der Waals surface area (Å²) in [6.07, 6.45) is 0. The van der Waals surface area contributed by atoms with Crippen LogP contribution in [-0.4, -0.2) is 42.2 Å². The van der Waals surface area contributed by atoms with Crippen molar-refractivity contribution in [2.24, 2.45) is 0 Å². The fraction of sp³-hybridized carbons (Fsp3) is 0.280. The summed E-state index contributed by atoms with van der Waals surface area (Å²) in [5.41, 5.74) is 0.261. The Kier molecular flexibility index (Phi) is 5.79. The van der Waals surface area contributed by atoms with Crippen molar-refractivity contribution < 1.29 is 14.9 Å². The van der Waals surface area contributed by atoms with E-state index in [0.717, 1.165) is 5.56 Å². The van der Waals surface area contributed by atoms with Crippen molar-refractivity contribution in [1.29, 1.82) is 0 Å². The largest absolute Gasteiger partial charge is 0.394 e. The van der Waals surface area contributed by atoms with Gasteiger partial charge in [0, 0.05) is 13.2 Å². The number of nitrogens with one attached hydrogen (secondary N) is 1. The zero-order chi connectivity index (χ0) is 20.3. The highest BCUT2D eigenvalue weighted by Gasteiger charge is 2.28. The molecule has 0 aromatic heterocycles. The van der Waals surface area contributed by atoms with Gasteiger partial charge in [-0.2, -0.15) is 0 Å². The fourth-order valence-corrected chi connectivity index (χ4v) is 3.97. The van der Waals surface area contributed by atoms with Gasteiger partial charge in [0.1, 0.15) is 0 Å². The first-order chi connectivity index (χ1) is 14.2. The van der Waals surface area contributed by atoms with E-state index in [1.54, 1.807) is 0 Å². The van der Waals surface area contributed by atoms with Gasteiger partial charge >= 0.3 is 0 Å². The molecule has 3 N–H and O–H groups in total. The Morgan fingerprint density at radius 1 is 0.793 bits per heavy atom. The fourth-order valence-electron chi connectivity index (χ4n) is 3.97. The third-order valence-corrected chi connectivity index (χ3v) is 5.69. The normalized spacial score (nSPS) is 12.2. The van der Waals surface area contributed by atoms with Gasteiger partial charge in [-0.1, -0.05) is 60.7 Å². The third kappa shape index (κ3) is 3.72. The molecule has 0 atom stereocenters. The topological polar surface area (TPSA) is 61.7 Å². The molecule has 0 saturated heterocycles. The molecule has 0 saturated carbocycles. The third-order valence-electron chi connectivity index (χ3n) is 5.69. The van der Waals surface area contributed by atoms with E-state index < -0.39 is 5.54 Å². The van der Waals surface area contributed by atoms with Crippen LogP contribution in [0.15, 0.2) is 66.7 Å². The summed E-state index contributed by atoms with van der Waals surface area (Å²) in [5, 5.41) is 30.4. The van der Waals surface area contributed by atoms with Crippen molar-refractivity contribution in [3.05, 3.63) is 72.3 Å². The average molecular weight is 389 g/mol.